The Labute approximate surface area is 137 Å². The van der Waals surface area contributed by atoms with Gasteiger partial charge in [0.1, 0.15) is 0 Å². The number of hydrogen-bond acceptors (Lipinski definition) is 5. The van der Waals surface area contributed by atoms with Gasteiger partial charge in [-0.1, -0.05) is 12.1 Å². The number of amides is 1. The van der Waals surface area contributed by atoms with Crippen LogP contribution in [0.2, 0.25) is 0 Å². The number of hydrogen-bond donors (Lipinski definition) is 2. The van der Waals surface area contributed by atoms with Crippen molar-refractivity contribution >= 4 is 17.4 Å². The minimum Gasteiger partial charge on any atom is -0.381 e. The fourth-order valence-corrected chi connectivity index (χ4v) is 2.93. The molecule has 2 atom stereocenters. The number of nitrogens with zero attached hydrogens (tertiary/aromatic N) is 1. The van der Waals surface area contributed by atoms with Crippen molar-refractivity contribution in [2.24, 2.45) is 5.73 Å². The van der Waals surface area contributed by atoms with Crippen LogP contribution in [0.1, 0.15) is 30.1 Å². The number of rotatable bonds is 6. The molecule has 1 saturated heterocycles. The lowest BCUT2D eigenvalue weighted by Gasteiger charge is -2.37. The predicted molar refractivity (Wildman–Crippen MR) is 89.5 cm³/mol. The Morgan fingerprint density at radius 3 is 2.87 bits per heavy atom. The second-order valence-electron chi connectivity index (χ2n) is 5.93. The molecule has 126 valence electrons. The highest BCUT2D eigenvalue weighted by atomic mass is 16.5. The summed E-state index contributed by atoms with van der Waals surface area (Å²) in [7, 11) is 1.71. The molecular formula is C17H25N3O3. The van der Waals surface area contributed by atoms with Crippen LogP contribution < -0.4 is 11.1 Å². The van der Waals surface area contributed by atoms with Gasteiger partial charge < -0.3 is 15.8 Å². The van der Waals surface area contributed by atoms with E-state index in [4.69, 9.17) is 10.5 Å². The van der Waals surface area contributed by atoms with Crippen molar-refractivity contribution in [2.45, 2.75) is 31.9 Å². The molecule has 1 aliphatic heterocycles. The van der Waals surface area contributed by atoms with E-state index in [-0.39, 0.29) is 23.8 Å². The maximum absolute atomic E-state index is 12.3. The Kier molecular flexibility index (Phi) is 6.27. The number of benzene rings is 1. The van der Waals surface area contributed by atoms with E-state index in [9.17, 15) is 9.59 Å². The number of anilines is 1. The summed E-state index contributed by atoms with van der Waals surface area (Å²) in [6.07, 6.45) is 1.97. The van der Waals surface area contributed by atoms with Gasteiger partial charge in [-0.3, -0.25) is 14.5 Å². The van der Waals surface area contributed by atoms with Crippen LogP contribution in [0.4, 0.5) is 5.69 Å². The van der Waals surface area contributed by atoms with Gasteiger partial charge >= 0.3 is 0 Å². The number of ether oxygens (including phenoxy) is 1. The Bertz CT molecular complexity index is 562. The molecule has 3 N–H and O–H groups in total. The summed E-state index contributed by atoms with van der Waals surface area (Å²) < 4.78 is 5.39. The number of Topliss-reactive ketones (excluding diaryl/α,β-unsaturated/α-hetero) is 1. The third-order valence-electron chi connectivity index (χ3n) is 4.29. The smallest absolute Gasteiger partial charge is 0.238 e. The third-order valence-corrected chi connectivity index (χ3v) is 4.29. The number of methoxy groups -OCH3 is 1. The fraction of sp³-hybridized carbons (Fsp3) is 0.529. The van der Waals surface area contributed by atoms with Gasteiger partial charge in [0.2, 0.25) is 5.91 Å². The van der Waals surface area contributed by atoms with Crippen LogP contribution in [0.15, 0.2) is 24.3 Å². The first-order valence-corrected chi connectivity index (χ1v) is 7.91. The Balaban J connectivity index is 1.94. The molecule has 6 nitrogen and oxygen atoms in total. The molecule has 0 aliphatic carbocycles. The molecule has 1 aromatic carbocycles. The highest BCUT2D eigenvalue weighted by Gasteiger charge is 2.28. The molecule has 1 fully saturated rings. The van der Waals surface area contributed by atoms with E-state index in [2.05, 4.69) is 10.2 Å². The topological polar surface area (TPSA) is 84.7 Å². The first kappa shape index (κ1) is 17.6. The van der Waals surface area contributed by atoms with Crippen LogP contribution in [-0.2, 0) is 9.53 Å². The van der Waals surface area contributed by atoms with Gasteiger partial charge in [-0.05, 0) is 31.9 Å². The molecule has 0 aromatic heterocycles. The number of nitrogens with two attached hydrogens (primary N) is 1. The molecule has 6 heteroatoms. The van der Waals surface area contributed by atoms with Crippen LogP contribution in [-0.4, -0.2) is 55.5 Å². The molecule has 1 amide bonds. The van der Waals surface area contributed by atoms with E-state index >= 15 is 0 Å². The summed E-state index contributed by atoms with van der Waals surface area (Å²) in [4.78, 5) is 25.8. The summed E-state index contributed by atoms with van der Waals surface area (Å²) in [6.45, 7) is 3.10. The zero-order valence-corrected chi connectivity index (χ0v) is 13.7. The summed E-state index contributed by atoms with van der Waals surface area (Å²) in [5.41, 5.74) is 7.05. The van der Waals surface area contributed by atoms with Crippen molar-refractivity contribution in [2.75, 3.05) is 32.1 Å². The van der Waals surface area contributed by atoms with Gasteiger partial charge in [-0.25, -0.2) is 0 Å². The van der Waals surface area contributed by atoms with Gasteiger partial charge in [0.15, 0.2) is 5.78 Å². The number of likely N-dealkylation sites (tertiary alicyclic amines) is 1. The lowest BCUT2D eigenvalue weighted by atomic mass is 9.99. The number of nitrogens with one attached hydrogen (secondary N) is 1. The largest absolute Gasteiger partial charge is 0.381 e. The summed E-state index contributed by atoms with van der Waals surface area (Å²) in [5, 5.41) is 2.85. The van der Waals surface area contributed by atoms with Crippen molar-refractivity contribution in [3.05, 3.63) is 29.8 Å². The second kappa shape index (κ2) is 8.19. The molecule has 2 rings (SSSR count). The van der Waals surface area contributed by atoms with E-state index in [1.807, 2.05) is 0 Å². The molecule has 0 bridgehead atoms. The molecule has 2 unspecified atom stereocenters. The van der Waals surface area contributed by atoms with E-state index < -0.39 is 0 Å². The lowest BCUT2D eigenvalue weighted by Crippen LogP contribution is -2.50. The molecule has 1 aliphatic rings. The Morgan fingerprint density at radius 1 is 1.43 bits per heavy atom. The average molecular weight is 319 g/mol. The Morgan fingerprint density at radius 2 is 2.22 bits per heavy atom. The van der Waals surface area contributed by atoms with Crippen molar-refractivity contribution in [3.63, 3.8) is 0 Å². The van der Waals surface area contributed by atoms with Crippen molar-refractivity contribution in [1.29, 1.82) is 0 Å². The minimum absolute atomic E-state index is 0.0223. The van der Waals surface area contributed by atoms with Crippen LogP contribution in [0, 0.1) is 0 Å². The zero-order valence-electron chi connectivity index (χ0n) is 13.7. The van der Waals surface area contributed by atoms with E-state index in [1.165, 1.54) is 6.92 Å². The van der Waals surface area contributed by atoms with E-state index in [1.54, 1.807) is 31.4 Å². The van der Waals surface area contributed by atoms with Gasteiger partial charge in [0.25, 0.3) is 0 Å². The zero-order chi connectivity index (χ0) is 16.8. The van der Waals surface area contributed by atoms with Crippen LogP contribution >= 0.6 is 0 Å². The maximum atomic E-state index is 12.3. The summed E-state index contributed by atoms with van der Waals surface area (Å²) in [5.74, 6) is -0.119. The molecule has 0 saturated carbocycles. The number of piperidine rings is 1. The van der Waals surface area contributed by atoms with Crippen LogP contribution in [0.25, 0.3) is 0 Å². The quantitative estimate of drug-likeness (QED) is 0.771. The van der Waals surface area contributed by atoms with Crippen molar-refractivity contribution < 1.29 is 14.3 Å². The lowest BCUT2D eigenvalue weighted by molar-refractivity contribution is -0.118. The number of carbonyl (C=O) groups excluding carboxylic acids is 2. The van der Waals surface area contributed by atoms with Gasteiger partial charge in [-0.2, -0.15) is 0 Å². The fourth-order valence-electron chi connectivity index (χ4n) is 2.93. The van der Waals surface area contributed by atoms with Gasteiger partial charge in [-0.15, -0.1) is 0 Å². The molecule has 1 aromatic rings. The van der Waals surface area contributed by atoms with Crippen LogP contribution in [0.5, 0.6) is 0 Å². The van der Waals surface area contributed by atoms with Crippen LogP contribution in [0.3, 0.4) is 0 Å². The average Bonchev–Trinajstić information content (AvgIpc) is 2.55. The summed E-state index contributed by atoms with van der Waals surface area (Å²) in [6, 6.07) is 7.12. The van der Waals surface area contributed by atoms with Crippen molar-refractivity contribution in [3.8, 4) is 0 Å². The third kappa shape index (κ3) is 4.86. The normalized spacial score (nSPS) is 21.9. The number of ketones is 1. The predicted octanol–water partition coefficient (Wildman–Crippen LogP) is 1.27. The van der Waals surface area contributed by atoms with Gasteiger partial charge in [0, 0.05) is 37.5 Å². The molecule has 1 heterocycles. The first-order valence-electron chi connectivity index (χ1n) is 7.91. The molecule has 23 heavy (non-hydrogen) atoms. The standard InChI is InChI=1S/C17H25N3O3/c1-12(21)13-4-3-5-14(8-13)19-17(22)11-20-7-6-16(23-2)9-15(20)10-18/h3-5,8,15-16H,6-7,9-11,18H2,1-2H3,(H,19,22). The SMILES string of the molecule is COC1CCN(CC(=O)Nc2cccc(C(C)=O)c2)C(CN)C1. The van der Waals surface area contributed by atoms with Gasteiger partial charge in [0.05, 0.1) is 12.6 Å². The minimum atomic E-state index is -0.0972. The van der Waals surface area contributed by atoms with E-state index in [0.717, 1.165) is 19.4 Å². The second-order valence-corrected chi connectivity index (χ2v) is 5.93. The van der Waals surface area contributed by atoms with Crippen molar-refractivity contribution in [1.82, 2.24) is 4.90 Å². The molecule has 0 radical (unpaired) electrons. The molecule has 0 spiro atoms. The first-order chi connectivity index (χ1) is 11.0. The monoisotopic (exact) mass is 319 g/mol. The molecular weight excluding hydrogens is 294 g/mol. The number of carbonyl (C=O) groups is 2. The van der Waals surface area contributed by atoms with E-state index in [0.29, 0.717) is 24.3 Å². The summed E-state index contributed by atoms with van der Waals surface area (Å²) >= 11 is 0. The highest BCUT2D eigenvalue weighted by molar-refractivity contribution is 5.97. The highest BCUT2D eigenvalue weighted by Crippen LogP contribution is 2.19. The Hall–Kier alpha value is -1.76. The maximum Gasteiger partial charge on any atom is 0.238 e.